The van der Waals surface area contributed by atoms with Gasteiger partial charge in [0.15, 0.2) is 0 Å². The maximum absolute atomic E-state index is 12.6. The number of allylic oxidation sites excluding steroid dienone is 1. The molecule has 0 aromatic carbocycles. The maximum Gasteiger partial charge on any atom is 0.339 e. The minimum atomic E-state index is -1.83. The number of hydrogen-bond donors (Lipinski definition) is 0. The molecular weight excluding hydrogens is 332 g/mol. The Kier molecular flexibility index (Phi) is 6.62. The molecule has 0 saturated carbocycles. The summed E-state index contributed by atoms with van der Waals surface area (Å²) in [5.41, 5.74) is 5.53. The minimum Gasteiger partial charge on any atom is -0.462 e. The van der Waals surface area contributed by atoms with E-state index in [0.29, 0.717) is 29.9 Å². The number of carbonyl (C=O) groups excluding carboxylic acids is 2. The Morgan fingerprint density at radius 3 is 1.76 bits per heavy atom. The van der Waals surface area contributed by atoms with Crippen LogP contribution in [0.4, 0.5) is 0 Å². The second-order valence-corrected chi connectivity index (χ2v) is 13.2. The molecule has 0 heterocycles. The number of rotatable bonds is 5. The van der Waals surface area contributed by atoms with Crippen LogP contribution in [-0.2, 0) is 19.1 Å². The molecule has 1 rings (SSSR count). The fraction of sp³-hybridized carbons (Fsp3) is 0.600. The summed E-state index contributed by atoms with van der Waals surface area (Å²) in [6.07, 6.45) is 0. The van der Waals surface area contributed by atoms with Crippen molar-refractivity contribution in [2.24, 2.45) is 0 Å². The van der Waals surface area contributed by atoms with Gasteiger partial charge in [-0.1, -0.05) is 39.6 Å². The summed E-state index contributed by atoms with van der Waals surface area (Å²) < 4.78 is 10.5. The van der Waals surface area contributed by atoms with Gasteiger partial charge in [-0.3, -0.25) is 0 Å². The molecule has 0 spiro atoms. The van der Waals surface area contributed by atoms with Gasteiger partial charge in [-0.2, -0.15) is 0 Å². The molecular formula is C20H32O4Si. The Labute approximate surface area is 153 Å². The molecule has 0 radical (unpaired) electrons. The van der Waals surface area contributed by atoms with Crippen LogP contribution in [0.2, 0.25) is 18.1 Å². The molecule has 5 heteroatoms. The summed E-state index contributed by atoms with van der Waals surface area (Å²) in [5, 5.41) is 0.126. The van der Waals surface area contributed by atoms with Crippen molar-refractivity contribution in [2.75, 3.05) is 13.2 Å². The van der Waals surface area contributed by atoms with Crippen LogP contribution in [0.15, 0.2) is 33.6 Å². The summed E-state index contributed by atoms with van der Waals surface area (Å²) in [5.74, 6) is -0.749. The highest BCUT2D eigenvalue weighted by Gasteiger charge is 2.38. The number of ether oxygens (including phenoxy) is 2. The van der Waals surface area contributed by atoms with Crippen LogP contribution in [-0.4, -0.2) is 33.2 Å². The topological polar surface area (TPSA) is 52.6 Å². The Balaban J connectivity index is 3.60. The van der Waals surface area contributed by atoms with E-state index in [4.69, 9.17) is 9.47 Å². The van der Waals surface area contributed by atoms with E-state index in [2.05, 4.69) is 39.6 Å². The molecule has 0 unspecified atom stereocenters. The molecule has 0 N–H and O–H groups in total. The average molecular weight is 365 g/mol. The smallest absolute Gasteiger partial charge is 0.339 e. The Morgan fingerprint density at radius 2 is 1.36 bits per heavy atom. The number of carbonyl (C=O) groups is 2. The van der Waals surface area contributed by atoms with Crippen molar-refractivity contribution in [3.05, 3.63) is 33.6 Å². The molecule has 0 saturated heterocycles. The molecule has 25 heavy (non-hydrogen) atoms. The van der Waals surface area contributed by atoms with Gasteiger partial charge in [0.25, 0.3) is 0 Å². The number of hydrogen-bond acceptors (Lipinski definition) is 4. The van der Waals surface area contributed by atoms with Gasteiger partial charge >= 0.3 is 11.9 Å². The fourth-order valence-corrected chi connectivity index (χ4v) is 4.18. The van der Waals surface area contributed by atoms with E-state index in [1.54, 1.807) is 20.8 Å². The molecule has 1 aliphatic rings. The van der Waals surface area contributed by atoms with Crippen LogP contribution < -0.4 is 0 Å². The van der Waals surface area contributed by atoms with E-state index in [-0.39, 0.29) is 17.0 Å². The standard InChI is InChI=1S/C20H32O4Si/c1-10-23-18(21)16-13(3)15(12-25(8,9)20(5,6)7)17(14(16)4)19(22)24-11-2/h12H,10-11H2,1-9H3/b15-12-. The highest BCUT2D eigenvalue weighted by atomic mass is 28.3. The number of esters is 2. The molecule has 0 aliphatic heterocycles. The van der Waals surface area contributed by atoms with E-state index in [9.17, 15) is 9.59 Å². The van der Waals surface area contributed by atoms with Crippen LogP contribution in [0, 0.1) is 0 Å². The lowest BCUT2D eigenvalue weighted by atomic mass is 10.1. The second-order valence-electron chi connectivity index (χ2n) is 7.97. The molecule has 0 aromatic heterocycles. The first-order chi connectivity index (χ1) is 11.4. The molecule has 0 fully saturated rings. The van der Waals surface area contributed by atoms with Crippen LogP contribution >= 0.6 is 0 Å². The summed E-state index contributed by atoms with van der Waals surface area (Å²) >= 11 is 0. The van der Waals surface area contributed by atoms with Gasteiger partial charge in [-0.05, 0) is 49.5 Å². The summed E-state index contributed by atoms with van der Waals surface area (Å²) in [6, 6.07) is 0. The van der Waals surface area contributed by atoms with Gasteiger partial charge in [-0.15, -0.1) is 0 Å². The van der Waals surface area contributed by atoms with Gasteiger partial charge in [0.2, 0.25) is 0 Å². The Hall–Kier alpha value is -1.62. The summed E-state index contributed by atoms with van der Waals surface area (Å²) in [6.45, 7) is 19.1. The maximum atomic E-state index is 12.6. The Bertz CT molecular complexity index is 658. The monoisotopic (exact) mass is 364 g/mol. The zero-order valence-corrected chi connectivity index (χ0v) is 18.1. The largest absolute Gasteiger partial charge is 0.462 e. The lowest BCUT2D eigenvalue weighted by Crippen LogP contribution is -2.35. The van der Waals surface area contributed by atoms with Crippen molar-refractivity contribution in [1.29, 1.82) is 0 Å². The van der Waals surface area contributed by atoms with Crippen molar-refractivity contribution >= 4 is 20.0 Å². The quantitative estimate of drug-likeness (QED) is 0.522. The van der Waals surface area contributed by atoms with Crippen molar-refractivity contribution in [3.63, 3.8) is 0 Å². The van der Waals surface area contributed by atoms with Crippen LogP contribution in [0.1, 0.15) is 48.5 Å². The van der Waals surface area contributed by atoms with Gasteiger partial charge in [0, 0.05) is 0 Å². The van der Waals surface area contributed by atoms with Gasteiger partial charge in [0.05, 0.1) is 32.4 Å². The third kappa shape index (κ3) is 4.32. The van der Waals surface area contributed by atoms with E-state index in [0.717, 1.165) is 11.1 Å². The third-order valence-electron chi connectivity index (χ3n) is 5.20. The molecule has 4 nitrogen and oxygen atoms in total. The first-order valence-corrected chi connectivity index (χ1v) is 12.0. The molecule has 0 bridgehead atoms. The summed E-state index contributed by atoms with van der Waals surface area (Å²) in [7, 11) is -1.83. The van der Waals surface area contributed by atoms with Crippen molar-refractivity contribution in [3.8, 4) is 0 Å². The minimum absolute atomic E-state index is 0.126. The van der Waals surface area contributed by atoms with Crippen LogP contribution in [0.5, 0.6) is 0 Å². The third-order valence-corrected chi connectivity index (χ3v) is 10.1. The first kappa shape index (κ1) is 21.4. The first-order valence-electron chi connectivity index (χ1n) is 8.89. The highest BCUT2D eigenvalue weighted by Crippen LogP contribution is 2.43. The zero-order valence-electron chi connectivity index (χ0n) is 17.1. The van der Waals surface area contributed by atoms with Crippen molar-refractivity contribution < 1.29 is 19.1 Å². The van der Waals surface area contributed by atoms with Crippen molar-refractivity contribution in [2.45, 2.75) is 66.6 Å². The van der Waals surface area contributed by atoms with Crippen molar-refractivity contribution in [1.82, 2.24) is 0 Å². The highest BCUT2D eigenvalue weighted by molar-refractivity contribution is 6.85. The lowest BCUT2D eigenvalue weighted by Gasteiger charge is -2.35. The predicted octanol–water partition coefficient (Wildman–Crippen LogP) is 4.73. The molecule has 0 atom stereocenters. The van der Waals surface area contributed by atoms with E-state index in [1.165, 1.54) is 0 Å². The molecule has 0 aromatic rings. The molecule has 1 aliphatic carbocycles. The molecule has 0 amide bonds. The predicted molar refractivity (Wildman–Crippen MR) is 104 cm³/mol. The van der Waals surface area contributed by atoms with Crippen LogP contribution in [0.25, 0.3) is 0 Å². The van der Waals surface area contributed by atoms with E-state index >= 15 is 0 Å². The second kappa shape index (κ2) is 7.73. The Morgan fingerprint density at radius 1 is 0.920 bits per heavy atom. The summed E-state index contributed by atoms with van der Waals surface area (Å²) in [4.78, 5) is 25.0. The van der Waals surface area contributed by atoms with E-state index < -0.39 is 8.07 Å². The van der Waals surface area contributed by atoms with Gasteiger partial charge in [0.1, 0.15) is 0 Å². The fourth-order valence-electron chi connectivity index (χ4n) is 2.66. The van der Waals surface area contributed by atoms with Gasteiger partial charge in [-0.25, -0.2) is 9.59 Å². The normalized spacial score (nSPS) is 17.4. The molecule has 140 valence electrons. The lowest BCUT2D eigenvalue weighted by molar-refractivity contribution is -0.138. The van der Waals surface area contributed by atoms with Gasteiger partial charge < -0.3 is 9.47 Å². The zero-order chi connectivity index (χ0) is 19.6. The average Bonchev–Trinajstić information content (AvgIpc) is 2.69. The SMILES string of the molecule is CCOC(=O)C1=C(C)/C(=C/[Si](C)(C)C(C)(C)C)C(C(=O)OCC)=C1C. The van der Waals surface area contributed by atoms with Crippen LogP contribution in [0.3, 0.4) is 0 Å². The van der Waals surface area contributed by atoms with E-state index in [1.807, 2.05) is 6.92 Å².